The quantitative estimate of drug-likeness (QED) is 0.528. The van der Waals surface area contributed by atoms with Crippen molar-refractivity contribution in [2.75, 3.05) is 0 Å². The van der Waals surface area contributed by atoms with Crippen molar-refractivity contribution in [1.29, 1.82) is 0 Å². The first-order valence-corrected chi connectivity index (χ1v) is 2.81. The van der Waals surface area contributed by atoms with Gasteiger partial charge in [0.15, 0.2) is 0 Å². The van der Waals surface area contributed by atoms with Crippen molar-refractivity contribution in [3.8, 4) is 0 Å². The Morgan fingerprint density at radius 3 is 1.80 bits per heavy atom. The average Bonchev–Trinajstić information content (AvgIpc) is 1.94. The number of alkyl halides is 4. The highest BCUT2D eigenvalue weighted by Gasteiger charge is 2.65. The van der Waals surface area contributed by atoms with Gasteiger partial charge >= 0.3 is 11.8 Å². The first-order valence-electron chi connectivity index (χ1n) is 2.81. The first-order chi connectivity index (χ1) is 4.38. The van der Waals surface area contributed by atoms with Gasteiger partial charge in [0, 0.05) is 6.42 Å². The van der Waals surface area contributed by atoms with Crippen LogP contribution in [0.3, 0.4) is 0 Å². The topological polar surface area (TPSA) is 20.2 Å². The lowest BCUT2D eigenvalue weighted by atomic mass is 10.2. The van der Waals surface area contributed by atoms with Crippen molar-refractivity contribution in [1.82, 2.24) is 0 Å². The molecule has 5 heteroatoms. The number of hydrogen-bond acceptors (Lipinski definition) is 1. The van der Waals surface area contributed by atoms with Crippen LogP contribution in [-0.2, 0) is 0 Å². The number of rotatable bonds is 0. The maximum atomic E-state index is 12.1. The predicted octanol–water partition coefficient (Wildman–Crippen LogP) is 1.41. The normalized spacial score (nSPS) is 36.3. The van der Waals surface area contributed by atoms with Gasteiger partial charge in [0.25, 0.3) is 0 Å². The van der Waals surface area contributed by atoms with Crippen LogP contribution in [-0.4, -0.2) is 23.1 Å². The summed E-state index contributed by atoms with van der Waals surface area (Å²) >= 11 is 0. The van der Waals surface area contributed by atoms with Gasteiger partial charge < -0.3 is 5.11 Å². The summed E-state index contributed by atoms with van der Waals surface area (Å²) in [6, 6.07) is 0. The molecule has 1 atom stereocenters. The van der Waals surface area contributed by atoms with Crippen LogP contribution in [0.25, 0.3) is 0 Å². The van der Waals surface area contributed by atoms with Crippen LogP contribution in [0, 0.1) is 0 Å². The van der Waals surface area contributed by atoms with Crippen molar-refractivity contribution in [2.24, 2.45) is 0 Å². The fourth-order valence-electron chi connectivity index (χ4n) is 0.910. The van der Waals surface area contributed by atoms with E-state index in [9.17, 15) is 17.6 Å². The van der Waals surface area contributed by atoms with Gasteiger partial charge in [0.2, 0.25) is 0 Å². The molecule has 0 bridgehead atoms. The monoisotopic (exact) mass is 158 g/mol. The van der Waals surface area contributed by atoms with Crippen molar-refractivity contribution >= 4 is 0 Å². The summed E-state index contributed by atoms with van der Waals surface area (Å²) in [6.45, 7) is 0. The Morgan fingerprint density at radius 1 is 1.20 bits per heavy atom. The van der Waals surface area contributed by atoms with Gasteiger partial charge in [0.1, 0.15) is 6.10 Å². The van der Waals surface area contributed by atoms with Gasteiger partial charge in [-0.15, -0.1) is 0 Å². The molecule has 0 aromatic carbocycles. The van der Waals surface area contributed by atoms with E-state index in [2.05, 4.69) is 0 Å². The first kappa shape index (κ1) is 7.78. The summed E-state index contributed by atoms with van der Waals surface area (Å²) in [5, 5.41) is 8.36. The lowest BCUT2D eigenvalue weighted by Crippen LogP contribution is -2.41. The van der Waals surface area contributed by atoms with Gasteiger partial charge in [0.05, 0.1) is 0 Å². The van der Waals surface area contributed by atoms with E-state index in [1.807, 2.05) is 0 Å². The third kappa shape index (κ3) is 0.801. The molecule has 1 N–H and O–H groups in total. The lowest BCUT2D eigenvalue weighted by molar-refractivity contribution is -0.219. The second kappa shape index (κ2) is 1.84. The van der Waals surface area contributed by atoms with Crippen molar-refractivity contribution in [2.45, 2.75) is 30.8 Å². The SMILES string of the molecule is OC1CCC(F)(F)C1(F)F. The Balaban J connectivity index is 2.84. The third-order valence-electron chi connectivity index (χ3n) is 1.64. The van der Waals surface area contributed by atoms with Crippen LogP contribution < -0.4 is 0 Å². The number of aliphatic hydroxyl groups is 1. The van der Waals surface area contributed by atoms with Gasteiger partial charge in [-0.25, -0.2) is 0 Å². The zero-order valence-electron chi connectivity index (χ0n) is 4.95. The van der Waals surface area contributed by atoms with E-state index >= 15 is 0 Å². The Hall–Kier alpha value is -0.320. The van der Waals surface area contributed by atoms with Crippen molar-refractivity contribution in [3.05, 3.63) is 0 Å². The smallest absolute Gasteiger partial charge is 0.335 e. The van der Waals surface area contributed by atoms with E-state index in [0.717, 1.165) is 0 Å². The van der Waals surface area contributed by atoms with Gasteiger partial charge in [-0.2, -0.15) is 17.6 Å². The van der Waals surface area contributed by atoms with Crippen molar-refractivity contribution < 1.29 is 22.7 Å². The lowest BCUT2D eigenvalue weighted by Gasteiger charge is -2.20. The van der Waals surface area contributed by atoms with E-state index in [4.69, 9.17) is 5.11 Å². The second-order valence-corrected chi connectivity index (χ2v) is 2.38. The van der Waals surface area contributed by atoms with E-state index in [1.165, 1.54) is 0 Å². The molecule has 0 aromatic heterocycles. The summed E-state index contributed by atoms with van der Waals surface area (Å²) < 4.78 is 48.4. The van der Waals surface area contributed by atoms with E-state index in [-0.39, 0.29) is 0 Å². The molecule has 0 spiro atoms. The minimum Gasteiger partial charge on any atom is -0.387 e. The van der Waals surface area contributed by atoms with Crippen LogP contribution in [0.5, 0.6) is 0 Å². The molecule has 1 aliphatic carbocycles. The number of aliphatic hydroxyl groups excluding tert-OH is 1. The van der Waals surface area contributed by atoms with E-state index in [0.29, 0.717) is 0 Å². The van der Waals surface area contributed by atoms with Crippen LogP contribution in [0.1, 0.15) is 12.8 Å². The molecule has 1 saturated carbocycles. The van der Waals surface area contributed by atoms with Crippen LogP contribution >= 0.6 is 0 Å². The van der Waals surface area contributed by atoms with Crippen LogP contribution in [0.4, 0.5) is 17.6 Å². The Morgan fingerprint density at radius 2 is 1.70 bits per heavy atom. The molecule has 1 aliphatic rings. The highest BCUT2D eigenvalue weighted by Crippen LogP contribution is 2.47. The van der Waals surface area contributed by atoms with Crippen LogP contribution in [0.15, 0.2) is 0 Å². The molecule has 1 fully saturated rings. The standard InChI is InChI=1S/C5H6F4O/c6-4(7)2-1-3(10)5(4,8)9/h3,10H,1-2H2. The molecule has 0 radical (unpaired) electrons. The fourth-order valence-corrected chi connectivity index (χ4v) is 0.910. The Kier molecular flexibility index (Phi) is 1.43. The molecule has 0 aliphatic heterocycles. The second-order valence-electron chi connectivity index (χ2n) is 2.38. The highest BCUT2D eigenvalue weighted by atomic mass is 19.3. The molecule has 1 rings (SSSR count). The largest absolute Gasteiger partial charge is 0.387 e. The molecule has 1 nitrogen and oxygen atoms in total. The molecule has 10 heavy (non-hydrogen) atoms. The zero-order valence-corrected chi connectivity index (χ0v) is 4.95. The molecule has 1 unspecified atom stereocenters. The fraction of sp³-hybridized carbons (Fsp3) is 1.00. The number of hydrogen-bond donors (Lipinski definition) is 1. The van der Waals surface area contributed by atoms with E-state index in [1.54, 1.807) is 0 Å². The minimum absolute atomic E-state index is 0.528. The number of halogens is 4. The predicted molar refractivity (Wildman–Crippen MR) is 25.1 cm³/mol. The highest BCUT2D eigenvalue weighted by molar-refractivity contribution is 4.97. The van der Waals surface area contributed by atoms with Crippen molar-refractivity contribution in [3.63, 3.8) is 0 Å². The maximum Gasteiger partial charge on any atom is 0.335 e. The third-order valence-corrected chi connectivity index (χ3v) is 1.64. The Bertz CT molecular complexity index is 145. The minimum atomic E-state index is -4.23. The summed E-state index contributed by atoms with van der Waals surface area (Å²) in [5.74, 6) is -8.25. The average molecular weight is 158 g/mol. The Labute approximate surface area is 54.6 Å². The molecule has 0 heterocycles. The summed E-state index contributed by atoms with van der Waals surface area (Å²) in [4.78, 5) is 0. The molecule has 60 valence electrons. The summed E-state index contributed by atoms with van der Waals surface area (Å²) in [5.41, 5.74) is 0. The zero-order chi connectivity index (χ0) is 7.99. The summed E-state index contributed by atoms with van der Waals surface area (Å²) in [6.07, 6.45) is -3.64. The molecule has 0 aromatic rings. The molecular weight excluding hydrogens is 152 g/mol. The van der Waals surface area contributed by atoms with Crippen LogP contribution in [0.2, 0.25) is 0 Å². The summed E-state index contributed by atoms with van der Waals surface area (Å²) in [7, 11) is 0. The van der Waals surface area contributed by atoms with E-state index < -0.39 is 30.8 Å². The maximum absolute atomic E-state index is 12.1. The molecule has 0 saturated heterocycles. The molecular formula is C5H6F4O. The van der Waals surface area contributed by atoms with Gasteiger partial charge in [-0.1, -0.05) is 0 Å². The van der Waals surface area contributed by atoms with Gasteiger partial charge in [-0.3, -0.25) is 0 Å². The molecule has 0 amide bonds. The van der Waals surface area contributed by atoms with Gasteiger partial charge in [-0.05, 0) is 6.42 Å².